The fourth-order valence-electron chi connectivity index (χ4n) is 10.5. The van der Waals surface area contributed by atoms with Crippen LogP contribution in [0.2, 0.25) is 0 Å². The molecule has 294 valence electrons. The first-order valence-electron chi connectivity index (χ1n) is 20.2. The fourth-order valence-corrected chi connectivity index (χ4v) is 10.5. The lowest BCUT2D eigenvalue weighted by Gasteiger charge is -2.40. The van der Waals surface area contributed by atoms with Crippen LogP contribution in [0.1, 0.15) is 66.8 Å². The van der Waals surface area contributed by atoms with Crippen LogP contribution in [-0.2, 0) is 32.0 Å². The van der Waals surface area contributed by atoms with E-state index in [1.807, 2.05) is 11.9 Å². The summed E-state index contributed by atoms with van der Waals surface area (Å²) in [5.74, 6) is -0.0779. The zero-order valence-electron chi connectivity index (χ0n) is 32.1. The standard InChI is InChI=1S/C28H31N5O2.C14H21N5O2/c29-15-20-8-5-13-32(20)27(34)24(30)17-31-16-21-14-25(31)28(35)33(21)26-22-9-3-1-6-18(22)11-12-19-7-2-4-10-23(19)26;1-17-10-5-12(14(17)21)18(7-10)8-11(16)13(20)19-4-2-3-9(19)6-15/h1-4,6-7,9-10,20-21,24-26H,5,8,11-14,16-17,30H2;9-12H,2-5,7-8,16H2,1H3/t20-,21?,24-,25-;9-,10?,11-,12-/m00/s1. The van der Waals surface area contributed by atoms with Crippen molar-refractivity contribution in [1.82, 2.24) is 29.4 Å². The van der Waals surface area contributed by atoms with E-state index in [2.05, 4.69) is 70.5 Å². The van der Waals surface area contributed by atoms with Crippen LogP contribution < -0.4 is 11.5 Å². The van der Waals surface area contributed by atoms with Gasteiger partial charge in [-0.05, 0) is 73.6 Å². The van der Waals surface area contributed by atoms with Crippen molar-refractivity contribution in [3.63, 3.8) is 0 Å². The summed E-state index contributed by atoms with van der Waals surface area (Å²) in [5.41, 5.74) is 17.4. The molecular formula is C42H52N10O4. The molecule has 4 amide bonds. The Hall–Kier alpha value is -4.86. The van der Waals surface area contributed by atoms with Gasteiger partial charge in [0.15, 0.2) is 0 Å². The van der Waals surface area contributed by atoms with E-state index in [1.54, 1.807) is 14.7 Å². The monoisotopic (exact) mass is 760 g/mol. The molecule has 2 aromatic carbocycles. The van der Waals surface area contributed by atoms with Gasteiger partial charge < -0.3 is 31.1 Å². The van der Waals surface area contributed by atoms with E-state index in [0.717, 1.165) is 58.0 Å². The molecule has 8 atom stereocenters. The highest BCUT2D eigenvalue weighted by atomic mass is 16.2. The van der Waals surface area contributed by atoms with E-state index < -0.39 is 12.1 Å². The fraction of sp³-hybridized carbons (Fsp3) is 0.571. The SMILES string of the molecule is CN1C(=O)[C@@H]2CC1CN2C[C@H](N)C(=O)N1CCC[C@H]1C#N.N#C[C@@H]1CCCN1C(=O)[C@@H](N)CN1CC2C[C@H]1C(=O)N2C1c2ccccc2CCc2ccccc21. The quantitative estimate of drug-likeness (QED) is 0.408. The van der Waals surface area contributed by atoms with Crippen molar-refractivity contribution in [2.45, 2.75) is 106 Å². The second-order valence-electron chi connectivity index (χ2n) is 16.6. The minimum Gasteiger partial charge on any atom is -0.340 e. The molecule has 0 saturated carbocycles. The second-order valence-corrected chi connectivity index (χ2v) is 16.6. The number of nitriles is 2. The maximum absolute atomic E-state index is 13.8. The van der Waals surface area contributed by atoms with Gasteiger partial charge in [-0.3, -0.25) is 29.0 Å². The smallest absolute Gasteiger partial charge is 0.241 e. The van der Waals surface area contributed by atoms with Gasteiger partial charge in [-0.25, -0.2) is 0 Å². The number of aryl methyl sites for hydroxylation is 2. The third kappa shape index (κ3) is 6.72. The second kappa shape index (κ2) is 15.6. The molecule has 2 aromatic rings. The molecule has 14 nitrogen and oxygen atoms in total. The van der Waals surface area contributed by atoms with E-state index in [4.69, 9.17) is 16.7 Å². The van der Waals surface area contributed by atoms with Gasteiger partial charge >= 0.3 is 0 Å². The minimum absolute atomic E-state index is 0.0779. The van der Waals surface area contributed by atoms with Crippen LogP contribution in [0.3, 0.4) is 0 Å². The maximum atomic E-state index is 13.8. The minimum atomic E-state index is -0.719. The summed E-state index contributed by atoms with van der Waals surface area (Å²) in [6.45, 7) is 3.46. The molecule has 9 rings (SSSR count). The molecule has 1 aliphatic carbocycles. The molecule has 56 heavy (non-hydrogen) atoms. The van der Waals surface area contributed by atoms with Gasteiger partial charge in [0.05, 0.1) is 42.3 Å². The number of rotatable bonds is 7. The molecule has 6 heterocycles. The van der Waals surface area contributed by atoms with Crippen molar-refractivity contribution >= 4 is 23.6 Å². The number of piperazine rings is 2. The van der Waals surface area contributed by atoms with Crippen LogP contribution in [0, 0.1) is 22.7 Å². The number of nitrogens with zero attached hydrogens (tertiary/aromatic N) is 8. The first-order valence-corrected chi connectivity index (χ1v) is 20.2. The zero-order chi connectivity index (χ0) is 39.2. The van der Waals surface area contributed by atoms with Crippen LogP contribution >= 0.6 is 0 Å². The summed E-state index contributed by atoms with van der Waals surface area (Å²) in [4.78, 5) is 62.4. The summed E-state index contributed by atoms with van der Waals surface area (Å²) in [6.07, 6.45) is 6.68. The van der Waals surface area contributed by atoms with Crippen LogP contribution in [0.4, 0.5) is 0 Å². The highest BCUT2D eigenvalue weighted by Gasteiger charge is 2.53. The van der Waals surface area contributed by atoms with E-state index in [1.165, 1.54) is 22.3 Å². The van der Waals surface area contributed by atoms with Crippen LogP contribution in [-0.4, -0.2) is 148 Å². The Balaban J connectivity index is 0.000000179. The molecule has 2 unspecified atom stereocenters. The Bertz CT molecular complexity index is 1910. The van der Waals surface area contributed by atoms with E-state index in [0.29, 0.717) is 32.6 Å². The topological polar surface area (TPSA) is 187 Å². The van der Waals surface area contributed by atoms with Gasteiger partial charge in [0, 0.05) is 58.4 Å². The average molecular weight is 761 g/mol. The molecule has 6 saturated heterocycles. The van der Waals surface area contributed by atoms with Crippen molar-refractivity contribution in [3.8, 4) is 12.1 Å². The number of carbonyl (C=O) groups excluding carboxylic acids is 4. The Morgan fingerprint density at radius 1 is 0.732 bits per heavy atom. The van der Waals surface area contributed by atoms with Gasteiger partial charge in [0.1, 0.15) is 12.1 Å². The number of benzene rings is 2. The van der Waals surface area contributed by atoms with Crippen LogP contribution in [0.15, 0.2) is 48.5 Å². The molecule has 6 aliphatic heterocycles. The van der Waals surface area contributed by atoms with Crippen molar-refractivity contribution in [1.29, 1.82) is 10.5 Å². The van der Waals surface area contributed by atoms with Crippen molar-refractivity contribution in [3.05, 3.63) is 70.8 Å². The van der Waals surface area contributed by atoms with Gasteiger partial charge in [-0.2, -0.15) is 10.5 Å². The van der Waals surface area contributed by atoms with Gasteiger partial charge in [0.2, 0.25) is 23.6 Å². The van der Waals surface area contributed by atoms with Gasteiger partial charge in [-0.1, -0.05) is 48.5 Å². The molecule has 4 bridgehead atoms. The molecule has 14 heteroatoms. The summed E-state index contributed by atoms with van der Waals surface area (Å²) < 4.78 is 0. The predicted octanol–water partition coefficient (Wildman–Crippen LogP) is 0.745. The molecule has 0 spiro atoms. The normalized spacial score (nSPS) is 29.4. The number of carbonyl (C=O) groups is 4. The lowest BCUT2D eigenvalue weighted by molar-refractivity contribution is -0.140. The van der Waals surface area contributed by atoms with Crippen molar-refractivity contribution < 1.29 is 19.2 Å². The molecule has 7 aliphatic rings. The number of hydrogen-bond donors (Lipinski definition) is 2. The van der Waals surface area contributed by atoms with Crippen molar-refractivity contribution in [2.75, 3.05) is 46.3 Å². The molecule has 6 fully saturated rings. The lowest BCUT2D eigenvalue weighted by atomic mass is 9.92. The molecular weight excluding hydrogens is 709 g/mol. The zero-order valence-corrected chi connectivity index (χ0v) is 32.1. The van der Waals surface area contributed by atoms with Crippen LogP contribution in [0.25, 0.3) is 0 Å². The van der Waals surface area contributed by atoms with E-state index >= 15 is 0 Å². The van der Waals surface area contributed by atoms with E-state index in [-0.39, 0.29) is 65.9 Å². The Labute approximate surface area is 328 Å². The Morgan fingerprint density at radius 2 is 1.20 bits per heavy atom. The van der Waals surface area contributed by atoms with Crippen LogP contribution in [0.5, 0.6) is 0 Å². The van der Waals surface area contributed by atoms with Gasteiger partial charge in [0.25, 0.3) is 0 Å². The van der Waals surface area contributed by atoms with Crippen molar-refractivity contribution in [2.24, 2.45) is 11.5 Å². The van der Waals surface area contributed by atoms with Gasteiger partial charge in [-0.15, -0.1) is 0 Å². The number of nitrogens with two attached hydrogens (primary N) is 2. The first-order chi connectivity index (χ1) is 27.1. The maximum Gasteiger partial charge on any atom is 0.241 e. The summed E-state index contributed by atoms with van der Waals surface area (Å²) in [5, 5.41) is 18.4. The third-order valence-electron chi connectivity index (χ3n) is 13.4. The number of fused-ring (bicyclic) bond motifs is 6. The predicted molar refractivity (Wildman–Crippen MR) is 206 cm³/mol. The number of hydrogen-bond acceptors (Lipinski definition) is 10. The first kappa shape index (κ1) is 38.0. The molecule has 4 N–H and O–H groups in total. The number of likely N-dealkylation sites (tertiary alicyclic amines) is 6. The summed E-state index contributed by atoms with van der Waals surface area (Å²) >= 11 is 0. The largest absolute Gasteiger partial charge is 0.340 e. The highest BCUT2D eigenvalue weighted by Crippen LogP contribution is 2.44. The number of likely N-dealkylation sites (N-methyl/N-ethyl adjacent to an activating group) is 1. The number of amides is 4. The van der Waals surface area contributed by atoms with E-state index in [9.17, 15) is 24.4 Å². The summed E-state index contributed by atoms with van der Waals surface area (Å²) in [7, 11) is 1.83. The Kier molecular flexibility index (Phi) is 10.6. The third-order valence-corrected chi connectivity index (χ3v) is 13.4. The summed E-state index contributed by atoms with van der Waals surface area (Å²) in [6, 6.07) is 19.2. The average Bonchev–Trinajstić information content (AvgIpc) is 4.08. The Morgan fingerprint density at radius 3 is 1.66 bits per heavy atom. The molecule has 0 radical (unpaired) electrons. The lowest BCUT2D eigenvalue weighted by Crippen LogP contribution is -2.57. The molecule has 0 aromatic heterocycles. The highest BCUT2D eigenvalue weighted by molar-refractivity contribution is 5.88.